The monoisotopic (exact) mass is 235 g/mol. The van der Waals surface area contributed by atoms with Crippen molar-refractivity contribution in [3.63, 3.8) is 0 Å². The lowest BCUT2D eigenvalue weighted by Gasteiger charge is -2.34. The fourth-order valence-corrected chi connectivity index (χ4v) is 2.39. The van der Waals surface area contributed by atoms with E-state index in [0.29, 0.717) is 5.95 Å². The van der Waals surface area contributed by atoms with Crippen molar-refractivity contribution in [1.29, 1.82) is 0 Å². The van der Waals surface area contributed by atoms with E-state index in [4.69, 9.17) is 5.84 Å². The standard InChI is InChI=1S/C12H21N5/c1-9(2)10-4-7-17(8-5-10)11-3-6-14-12(15-11)16-13/h3,6,9-10H,4-5,7-8,13H2,1-2H3,(H,14,15,16). The topological polar surface area (TPSA) is 67.1 Å². The molecule has 0 spiro atoms. The molecule has 0 unspecified atom stereocenters. The van der Waals surface area contributed by atoms with Gasteiger partial charge < -0.3 is 4.90 Å². The fraction of sp³-hybridized carbons (Fsp3) is 0.667. The van der Waals surface area contributed by atoms with Gasteiger partial charge in [0.1, 0.15) is 5.82 Å². The van der Waals surface area contributed by atoms with Crippen LogP contribution in [-0.4, -0.2) is 23.1 Å². The van der Waals surface area contributed by atoms with Gasteiger partial charge in [-0.2, -0.15) is 4.98 Å². The number of nitrogen functional groups attached to an aromatic ring is 1. The highest BCUT2D eigenvalue weighted by atomic mass is 15.3. The van der Waals surface area contributed by atoms with Gasteiger partial charge in [-0.25, -0.2) is 10.8 Å². The molecule has 0 atom stereocenters. The van der Waals surface area contributed by atoms with Crippen molar-refractivity contribution >= 4 is 11.8 Å². The number of hydrazine groups is 1. The van der Waals surface area contributed by atoms with E-state index in [1.165, 1.54) is 12.8 Å². The Morgan fingerprint density at radius 1 is 1.41 bits per heavy atom. The third kappa shape index (κ3) is 2.85. The molecule has 0 bridgehead atoms. The van der Waals surface area contributed by atoms with Crippen LogP contribution >= 0.6 is 0 Å². The van der Waals surface area contributed by atoms with E-state index in [1.807, 2.05) is 6.07 Å². The van der Waals surface area contributed by atoms with Gasteiger partial charge in [-0.05, 0) is 30.7 Å². The normalized spacial score (nSPS) is 17.5. The smallest absolute Gasteiger partial charge is 0.239 e. The number of nitrogens with one attached hydrogen (secondary N) is 1. The minimum absolute atomic E-state index is 0.480. The summed E-state index contributed by atoms with van der Waals surface area (Å²) in [6, 6.07) is 1.94. The number of piperidine rings is 1. The Hall–Kier alpha value is -1.36. The zero-order chi connectivity index (χ0) is 12.3. The molecule has 1 saturated heterocycles. The van der Waals surface area contributed by atoms with E-state index in [1.54, 1.807) is 6.20 Å². The fourth-order valence-electron chi connectivity index (χ4n) is 2.39. The van der Waals surface area contributed by atoms with Crippen molar-refractivity contribution in [2.24, 2.45) is 17.7 Å². The molecule has 2 rings (SSSR count). The summed E-state index contributed by atoms with van der Waals surface area (Å²) in [4.78, 5) is 10.7. The number of rotatable bonds is 3. The number of hydrogen-bond acceptors (Lipinski definition) is 5. The maximum absolute atomic E-state index is 5.32. The number of nitrogens with zero attached hydrogens (tertiary/aromatic N) is 3. The summed E-state index contributed by atoms with van der Waals surface area (Å²) in [5.74, 6) is 8.39. The van der Waals surface area contributed by atoms with Gasteiger partial charge >= 0.3 is 0 Å². The molecule has 1 fully saturated rings. The minimum atomic E-state index is 0.480. The molecule has 1 aliphatic rings. The quantitative estimate of drug-likeness (QED) is 0.616. The second-order valence-electron chi connectivity index (χ2n) is 4.95. The Labute approximate surface area is 102 Å². The first-order valence-electron chi connectivity index (χ1n) is 6.25. The van der Waals surface area contributed by atoms with E-state index >= 15 is 0 Å². The first-order chi connectivity index (χ1) is 8.20. The largest absolute Gasteiger partial charge is 0.356 e. The summed E-state index contributed by atoms with van der Waals surface area (Å²) in [6.45, 7) is 6.76. The number of nitrogens with two attached hydrogens (primary N) is 1. The van der Waals surface area contributed by atoms with Gasteiger partial charge in [0.2, 0.25) is 5.95 Å². The average molecular weight is 235 g/mol. The Morgan fingerprint density at radius 2 is 2.12 bits per heavy atom. The molecule has 0 aliphatic carbocycles. The lowest BCUT2D eigenvalue weighted by Crippen LogP contribution is -2.35. The van der Waals surface area contributed by atoms with Gasteiger partial charge in [0, 0.05) is 19.3 Å². The Kier molecular flexibility index (Phi) is 3.78. The molecule has 0 saturated carbocycles. The Morgan fingerprint density at radius 3 is 2.71 bits per heavy atom. The molecular formula is C12H21N5. The molecule has 5 heteroatoms. The second-order valence-corrected chi connectivity index (χ2v) is 4.95. The van der Waals surface area contributed by atoms with Crippen LogP contribution in [0.5, 0.6) is 0 Å². The number of hydrogen-bond donors (Lipinski definition) is 2. The molecule has 2 heterocycles. The van der Waals surface area contributed by atoms with E-state index < -0.39 is 0 Å². The summed E-state index contributed by atoms with van der Waals surface area (Å²) in [7, 11) is 0. The van der Waals surface area contributed by atoms with Gasteiger partial charge in [0.05, 0.1) is 0 Å². The van der Waals surface area contributed by atoms with E-state index in [-0.39, 0.29) is 0 Å². The maximum atomic E-state index is 5.32. The van der Waals surface area contributed by atoms with Gasteiger partial charge in [0.25, 0.3) is 0 Å². The zero-order valence-corrected chi connectivity index (χ0v) is 10.6. The van der Waals surface area contributed by atoms with Crippen molar-refractivity contribution in [2.45, 2.75) is 26.7 Å². The minimum Gasteiger partial charge on any atom is -0.356 e. The third-order valence-corrected chi connectivity index (χ3v) is 3.58. The van der Waals surface area contributed by atoms with Gasteiger partial charge in [-0.3, -0.25) is 5.43 Å². The highest BCUT2D eigenvalue weighted by Crippen LogP contribution is 2.26. The lowest BCUT2D eigenvalue weighted by atomic mass is 9.87. The second kappa shape index (κ2) is 5.31. The molecule has 1 aromatic rings. The van der Waals surface area contributed by atoms with Crippen LogP contribution in [-0.2, 0) is 0 Å². The first-order valence-corrected chi connectivity index (χ1v) is 6.25. The highest BCUT2D eigenvalue weighted by molar-refractivity contribution is 5.42. The molecule has 94 valence electrons. The van der Waals surface area contributed by atoms with Gasteiger partial charge in [-0.1, -0.05) is 13.8 Å². The van der Waals surface area contributed by atoms with Gasteiger partial charge in [0.15, 0.2) is 0 Å². The molecule has 1 aliphatic heterocycles. The predicted molar refractivity (Wildman–Crippen MR) is 69.6 cm³/mol. The molecule has 3 N–H and O–H groups in total. The van der Waals surface area contributed by atoms with Crippen LogP contribution in [0.1, 0.15) is 26.7 Å². The van der Waals surface area contributed by atoms with Crippen LogP contribution in [0.25, 0.3) is 0 Å². The molecule has 0 aromatic carbocycles. The van der Waals surface area contributed by atoms with Crippen LogP contribution in [0.3, 0.4) is 0 Å². The van der Waals surface area contributed by atoms with E-state index in [9.17, 15) is 0 Å². The zero-order valence-electron chi connectivity index (χ0n) is 10.6. The van der Waals surface area contributed by atoms with Crippen LogP contribution < -0.4 is 16.2 Å². The summed E-state index contributed by atoms with van der Waals surface area (Å²) >= 11 is 0. The number of anilines is 2. The first kappa shape index (κ1) is 12.1. The van der Waals surface area contributed by atoms with Crippen LogP contribution in [0.4, 0.5) is 11.8 Å². The van der Waals surface area contributed by atoms with Gasteiger partial charge in [-0.15, -0.1) is 0 Å². The molecular weight excluding hydrogens is 214 g/mol. The van der Waals surface area contributed by atoms with Crippen molar-refractivity contribution in [1.82, 2.24) is 9.97 Å². The van der Waals surface area contributed by atoms with Crippen molar-refractivity contribution in [2.75, 3.05) is 23.4 Å². The van der Waals surface area contributed by atoms with Crippen LogP contribution in [0.2, 0.25) is 0 Å². The van der Waals surface area contributed by atoms with Crippen molar-refractivity contribution < 1.29 is 0 Å². The SMILES string of the molecule is CC(C)C1CCN(c2ccnc(NN)n2)CC1. The lowest BCUT2D eigenvalue weighted by molar-refractivity contribution is 0.310. The Balaban J connectivity index is 2.00. The molecule has 0 radical (unpaired) electrons. The predicted octanol–water partition coefficient (Wildman–Crippen LogP) is 1.63. The molecule has 17 heavy (non-hydrogen) atoms. The highest BCUT2D eigenvalue weighted by Gasteiger charge is 2.22. The molecule has 5 nitrogen and oxygen atoms in total. The summed E-state index contributed by atoms with van der Waals surface area (Å²) in [5.41, 5.74) is 2.48. The van der Waals surface area contributed by atoms with E-state index in [0.717, 1.165) is 30.7 Å². The van der Waals surface area contributed by atoms with Crippen molar-refractivity contribution in [3.05, 3.63) is 12.3 Å². The molecule has 1 aromatic heterocycles. The van der Waals surface area contributed by atoms with Crippen LogP contribution in [0.15, 0.2) is 12.3 Å². The third-order valence-electron chi connectivity index (χ3n) is 3.58. The van der Waals surface area contributed by atoms with E-state index in [2.05, 4.69) is 34.1 Å². The number of aromatic nitrogens is 2. The summed E-state index contributed by atoms with van der Waals surface area (Å²) in [5, 5.41) is 0. The van der Waals surface area contributed by atoms with Crippen molar-refractivity contribution in [3.8, 4) is 0 Å². The summed E-state index contributed by atoms with van der Waals surface area (Å²) < 4.78 is 0. The molecule has 0 amide bonds. The van der Waals surface area contributed by atoms with Crippen LogP contribution in [0, 0.1) is 11.8 Å². The maximum Gasteiger partial charge on any atom is 0.239 e. The summed E-state index contributed by atoms with van der Waals surface area (Å²) in [6.07, 6.45) is 4.23. The average Bonchev–Trinajstić information content (AvgIpc) is 2.39. The Bertz CT molecular complexity index is 358.